The normalized spacial score (nSPS) is 18.4. The second-order valence-electron chi connectivity index (χ2n) is 4.22. The van der Waals surface area contributed by atoms with E-state index in [0.29, 0.717) is 5.56 Å². The Hall–Kier alpha value is -1.63. The number of aryl methyl sites for hydroxylation is 1. The average Bonchev–Trinajstić information content (AvgIpc) is 2.74. The van der Waals surface area contributed by atoms with Gasteiger partial charge in [0.1, 0.15) is 5.82 Å². The van der Waals surface area contributed by atoms with Crippen molar-refractivity contribution in [1.29, 1.82) is 0 Å². The summed E-state index contributed by atoms with van der Waals surface area (Å²) in [5, 5.41) is 0. The van der Waals surface area contributed by atoms with Gasteiger partial charge in [0.2, 0.25) is 0 Å². The monoisotopic (exact) mass is 211 g/mol. The average molecular weight is 211 g/mol. The van der Waals surface area contributed by atoms with Gasteiger partial charge in [0.15, 0.2) is 0 Å². The zero-order valence-corrected chi connectivity index (χ0v) is 8.91. The standard InChI is InChI=1S/C15H12F/c16-15-8-4-3-7-14(15)13-10-9-11-5-1-2-6-12(11)13/h1-6,8,13H,9-10H2. The second kappa shape index (κ2) is 3.75. The molecule has 0 aromatic heterocycles. The fourth-order valence-electron chi connectivity index (χ4n) is 2.55. The maximum atomic E-state index is 13.7. The number of hydrogen-bond acceptors (Lipinski definition) is 0. The predicted molar refractivity (Wildman–Crippen MR) is 61.8 cm³/mol. The van der Waals surface area contributed by atoms with Crippen LogP contribution in [0.2, 0.25) is 0 Å². The van der Waals surface area contributed by atoms with E-state index in [1.54, 1.807) is 12.1 Å². The van der Waals surface area contributed by atoms with Crippen molar-refractivity contribution in [1.82, 2.24) is 0 Å². The quantitative estimate of drug-likeness (QED) is 0.674. The summed E-state index contributed by atoms with van der Waals surface area (Å²) >= 11 is 0. The molecule has 0 heterocycles. The molecule has 0 amide bonds. The molecule has 3 rings (SSSR count). The van der Waals surface area contributed by atoms with Crippen molar-refractivity contribution in [2.75, 3.05) is 0 Å². The highest BCUT2D eigenvalue weighted by Crippen LogP contribution is 2.38. The van der Waals surface area contributed by atoms with Gasteiger partial charge in [-0.3, -0.25) is 0 Å². The molecule has 0 bridgehead atoms. The largest absolute Gasteiger partial charge is 0.207 e. The highest BCUT2D eigenvalue weighted by atomic mass is 19.1. The number of halogens is 1. The molecule has 0 spiro atoms. The van der Waals surface area contributed by atoms with Gasteiger partial charge in [-0.05, 0) is 36.1 Å². The van der Waals surface area contributed by atoms with E-state index in [4.69, 9.17) is 0 Å². The molecule has 16 heavy (non-hydrogen) atoms. The van der Waals surface area contributed by atoms with Gasteiger partial charge in [0, 0.05) is 11.5 Å². The summed E-state index contributed by atoms with van der Waals surface area (Å²) in [7, 11) is 0. The minimum absolute atomic E-state index is 0.135. The van der Waals surface area contributed by atoms with Crippen molar-refractivity contribution in [3.63, 3.8) is 0 Å². The van der Waals surface area contributed by atoms with Crippen LogP contribution in [0.5, 0.6) is 0 Å². The van der Waals surface area contributed by atoms with Gasteiger partial charge >= 0.3 is 0 Å². The van der Waals surface area contributed by atoms with Crippen LogP contribution in [0.4, 0.5) is 4.39 Å². The Kier molecular flexibility index (Phi) is 2.24. The lowest BCUT2D eigenvalue weighted by atomic mass is 9.93. The summed E-state index contributed by atoms with van der Waals surface area (Å²) in [6.07, 6.45) is 2.04. The SMILES string of the molecule is Fc1ccc[c]c1C1CCc2ccccc21. The van der Waals surface area contributed by atoms with E-state index in [1.807, 2.05) is 12.1 Å². The van der Waals surface area contributed by atoms with Crippen LogP contribution in [-0.4, -0.2) is 0 Å². The Morgan fingerprint density at radius 3 is 2.88 bits per heavy atom. The van der Waals surface area contributed by atoms with Gasteiger partial charge in [-0.2, -0.15) is 0 Å². The highest BCUT2D eigenvalue weighted by Gasteiger charge is 2.25. The lowest BCUT2D eigenvalue weighted by Gasteiger charge is -2.12. The molecule has 2 aromatic carbocycles. The van der Waals surface area contributed by atoms with E-state index >= 15 is 0 Å². The number of benzene rings is 2. The van der Waals surface area contributed by atoms with Crippen molar-refractivity contribution >= 4 is 0 Å². The van der Waals surface area contributed by atoms with Crippen molar-refractivity contribution in [3.05, 3.63) is 71.0 Å². The van der Waals surface area contributed by atoms with Crippen LogP contribution in [0.1, 0.15) is 29.0 Å². The van der Waals surface area contributed by atoms with E-state index in [1.165, 1.54) is 17.2 Å². The lowest BCUT2D eigenvalue weighted by Crippen LogP contribution is -1.99. The van der Waals surface area contributed by atoms with E-state index in [0.717, 1.165) is 12.8 Å². The lowest BCUT2D eigenvalue weighted by molar-refractivity contribution is 0.594. The predicted octanol–water partition coefficient (Wildman–Crippen LogP) is 3.70. The molecule has 0 aliphatic heterocycles. The van der Waals surface area contributed by atoms with Gasteiger partial charge < -0.3 is 0 Å². The first-order valence-electron chi connectivity index (χ1n) is 5.60. The summed E-state index contributed by atoms with van der Waals surface area (Å²) < 4.78 is 13.7. The third-order valence-electron chi connectivity index (χ3n) is 3.32. The molecule has 1 radical (unpaired) electrons. The second-order valence-corrected chi connectivity index (χ2v) is 4.22. The van der Waals surface area contributed by atoms with Gasteiger partial charge in [-0.25, -0.2) is 4.39 Å². The fourth-order valence-corrected chi connectivity index (χ4v) is 2.55. The summed E-state index contributed by atoms with van der Waals surface area (Å²) in [6, 6.07) is 16.4. The van der Waals surface area contributed by atoms with Crippen LogP contribution in [-0.2, 0) is 6.42 Å². The number of fused-ring (bicyclic) bond motifs is 1. The Balaban J connectivity index is 2.08. The van der Waals surface area contributed by atoms with E-state index in [9.17, 15) is 4.39 Å². The van der Waals surface area contributed by atoms with Crippen molar-refractivity contribution < 1.29 is 4.39 Å². The van der Waals surface area contributed by atoms with Crippen molar-refractivity contribution in [3.8, 4) is 0 Å². The van der Waals surface area contributed by atoms with Crippen LogP contribution in [0.3, 0.4) is 0 Å². The maximum Gasteiger partial charge on any atom is 0.127 e. The first kappa shape index (κ1) is 9.59. The van der Waals surface area contributed by atoms with Crippen molar-refractivity contribution in [2.45, 2.75) is 18.8 Å². The molecule has 1 aliphatic carbocycles. The van der Waals surface area contributed by atoms with Crippen LogP contribution in [0.15, 0.2) is 42.5 Å². The van der Waals surface area contributed by atoms with E-state index in [-0.39, 0.29) is 11.7 Å². The molecular formula is C15H12F. The van der Waals surface area contributed by atoms with Gasteiger partial charge in [-0.1, -0.05) is 36.4 Å². The van der Waals surface area contributed by atoms with Gasteiger partial charge in [-0.15, -0.1) is 0 Å². The number of hydrogen-bond donors (Lipinski definition) is 0. The molecule has 0 N–H and O–H groups in total. The zero-order valence-electron chi connectivity index (χ0n) is 8.91. The molecule has 2 aromatic rings. The molecule has 1 heteroatoms. The molecule has 0 saturated heterocycles. The third-order valence-corrected chi connectivity index (χ3v) is 3.32. The summed E-state index contributed by atoms with van der Waals surface area (Å²) in [5.74, 6) is 0.0570. The molecule has 0 saturated carbocycles. The Morgan fingerprint density at radius 1 is 1.12 bits per heavy atom. The molecule has 0 nitrogen and oxygen atoms in total. The number of rotatable bonds is 1. The first-order valence-corrected chi connectivity index (χ1v) is 5.60. The minimum Gasteiger partial charge on any atom is -0.207 e. The van der Waals surface area contributed by atoms with Crippen LogP contribution in [0, 0.1) is 11.9 Å². The van der Waals surface area contributed by atoms with E-state index in [2.05, 4.69) is 18.2 Å². The molecule has 79 valence electrons. The van der Waals surface area contributed by atoms with Crippen LogP contribution >= 0.6 is 0 Å². The maximum absolute atomic E-state index is 13.7. The fraction of sp³-hybridized carbons (Fsp3) is 0.200. The Bertz CT molecular complexity index is 516. The van der Waals surface area contributed by atoms with E-state index < -0.39 is 0 Å². The van der Waals surface area contributed by atoms with Crippen LogP contribution < -0.4 is 0 Å². The minimum atomic E-state index is -0.135. The molecule has 1 unspecified atom stereocenters. The summed E-state index contributed by atoms with van der Waals surface area (Å²) in [5.41, 5.74) is 3.33. The first-order chi connectivity index (χ1) is 7.86. The smallest absolute Gasteiger partial charge is 0.127 e. The van der Waals surface area contributed by atoms with Crippen LogP contribution in [0.25, 0.3) is 0 Å². The molecule has 1 aliphatic rings. The van der Waals surface area contributed by atoms with Gasteiger partial charge in [0.25, 0.3) is 0 Å². The molecule has 1 atom stereocenters. The zero-order chi connectivity index (χ0) is 11.0. The highest BCUT2D eigenvalue weighted by molar-refractivity contribution is 5.41. The molecular weight excluding hydrogens is 199 g/mol. The van der Waals surface area contributed by atoms with Crippen molar-refractivity contribution in [2.24, 2.45) is 0 Å². The Labute approximate surface area is 94.7 Å². The summed E-state index contributed by atoms with van der Waals surface area (Å²) in [6.45, 7) is 0. The van der Waals surface area contributed by atoms with Gasteiger partial charge in [0.05, 0.1) is 0 Å². The third kappa shape index (κ3) is 1.44. The molecule has 0 fully saturated rings. The topological polar surface area (TPSA) is 0 Å². The Morgan fingerprint density at radius 2 is 2.00 bits per heavy atom. The summed E-state index contributed by atoms with van der Waals surface area (Å²) in [4.78, 5) is 0.